The Morgan fingerprint density at radius 1 is 1.42 bits per heavy atom. The lowest BCUT2D eigenvalue weighted by Crippen LogP contribution is -2.49. The van der Waals surface area contributed by atoms with Crippen molar-refractivity contribution in [3.05, 3.63) is 0 Å². The quantitative estimate of drug-likeness (QED) is 0.746. The molecule has 2 atom stereocenters. The molecule has 0 aromatic rings. The predicted molar refractivity (Wildman–Crippen MR) is 64.1 cm³/mol. The highest BCUT2D eigenvalue weighted by molar-refractivity contribution is 5.83. The van der Waals surface area contributed by atoms with Crippen molar-refractivity contribution < 1.29 is 19.8 Å². The second-order valence-corrected chi connectivity index (χ2v) is 5.01. The summed E-state index contributed by atoms with van der Waals surface area (Å²) in [5.74, 6) is -1.10. The van der Waals surface area contributed by atoms with Gasteiger partial charge in [-0.2, -0.15) is 5.26 Å². The molecule has 19 heavy (non-hydrogen) atoms. The summed E-state index contributed by atoms with van der Waals surface area (Å²) in [4.78, 5) is 26.2. The molecule has 0 aromatic carbocycles. The van der Waals surface area contributed by atoms with Crippen LogP contribution in [-0.4, -0.2) is 63.3 Å². The maximum Gasteiger partial charge on any atom is 0.326 e. The summed E-state index contributed by atoms with van der Waals surface area (Å²) in [6.45, 7) is 0.366. The number of hydrogen-bond donors (Lipinski definition) is 2. The molecular weight excluding hydrogens is 250 g/mol. The minimum absolute atomic E-state index is 0.0472. The van der Waals surface area contributed by atoms with Crippen LogP contribution in [0, 0.1) is 11.3 Å². The third-order valence-electron chi connectivity index (χ3n) is 3.51. The third kappa shape index (κ3) is 2.96. The van der Waals surface area contributed by atoms with Crippen LogP contribution in [0.15, 0.2) is 0 Å². The van der Waals surface area contributed by atoms with Gasteiger partial charge in [0.2, 0.25) is 0 Å². The first-order valence-corrected chi connectivity index (χ1v) is 6.39. The highest BCUT2D eigenvalue weighted by Crippen LogP contribution is 2.30. The molecule has 7 heteroatoms. The van der Waals surface area contributed by atoms with Crippen LogP contribution < -0.4 is 0 Å². The molecule has 0 aromatic heterocycles. The minimum Gasteiger partial charge on any atom is -0.480 e. The summed E-state index contributed by atoms with van der Waals surface area (Å²) < 4.78 is 0. The number of carbonyl (C=O) groups is 2. The van der Waals surface area contributed by atoms with Gasteiger partial charge < -0.3 is 20.0 Å². The fourth-order valence-corrected chi connectivity index (χ4v) is 2.42. The summed E-state index contributed by atoms with van der Waals surface area (Å²) in [5.41, 5.74) is 0. The van der Waals surface area contributed by atoms with Gasteiger partial charge in [-0.15, -0.1) is 0 Å². The lowest BCUT2D eigenvalue weighted by atomic mass is 10.2. The molecule has 2 fully saturated rings. The number of nitrogens with zero attached hydrogens (tertiary/aromatic N) is 3. The third-order valence-corrected chi connectivity index (χ3v) is 3.51. The Balaban J connectivity index is 2.07. The van der Waals surface area contributed by atoms with Crippen LogP contribution in [0.5, 0.6) is 0 Å². The van der Waals surface area contributed by atoms with Crippen molar-refractivity contribution in [1.29, 1.82) is 5.26 Å². The van der Waals surface area contributed by atoms with E-state index in [-0.39, 0.29) is 31.5 Å². The molecular formula is C12H17N3O4. The Bertz CT molecular complexity index is 416. The number of hydrogen-bond acceptors (Lipinski definition) is 4. The second kappa shape index (κ2) is 5.45. The van der Waals surface area contributed by atoms with Crippen LogP contribution >= 0.6 is 0 Å². The van der Waals surface area contributed by atoms with Crippen LogP contribution in [0.25, 0.3) is 0 Å². The molecule has 1 aliphatic carbocycles. The van der Waals surface area contributed by atoms with Crippen molar-refractivity contribution in [2.45, 2.75) is 43.9 Å². The number of urea groups is 1. The van der Waals surface area contributed by atoms with E-state index in [1.54, 1.807) is 4.90 Å². The standard InChI is InChI=1S/C12H17N3O4/c13-4-1-5-14(8-2-3-8)12(19)15-7-9(16)6-10(15)11(17)18/h8-10,16H,1-3,5-7H2,(H,17,18)/t9-,10+/m1/s1. The molecule has 1 aliphatic heterocycles. The van der Waals surface area contributed by atoms with E-state index in [4.69, 9.17) is 10.4 Å². The molecule has 2 rings (SSSR count). The summed E-state index contributed by atoms with van der Waals surface area (Å²) in [6.07, 6.45) is 1.30. The largest absolute Gasteiger partial charge is 0.480 e. The molecule has 1 saturated carbocycles. The molecule has 0 unspecified atom stereocenters. The fourth-order valence-electron chi connectivity index (χ4n) is 2.42. The van der Waals surface area contributed by atoms with Crippen molar-refractivity contribution in [2.75, 3.05) is 13.1 Å². The van der Waals surface area contributed by atoms with Crippen LogP contribution in [0.4, 0.5) is 4.79 Å². The minimum atomic E-state index is -1.10. The van der Waals surface area contributed by atoms with Gasteiger partial charge in [-0.1, -0.05) is 0 Å². The Hall–Kier alpha value is -1.81. The number of carboxylic acid groups (broad SMARTS) is 1. The highest BCUT2D eigenvalue weighted by Gasteiger charge is 2.43. The van der Waals surface area contributed by atoms with E-state index in [2.05, 4.69) is 0 Å². The fraction of sp³-hybridized carbons (Fsp3) is 0.750. The molecule has 2 aliphatic rings. The van der Waals surface area contributed by atoms with Gasteiger partial charge in [0.15, 0.2) is 0 Å². The van der Waals surface area contributed by atoms with E-state index in [9.17, 15) is 14.7 Å². The zero-order chi connectivity index (χ0) is 14.0. The number of rotatable bonds is 4. The molecule has 1 heterocycles. The van der Waals surface area contributed by atoms with Crippen molar-refractivity contribution in [3.63, 3.8) is 0 Å². The molecule has 0 bridgehead atoms. The average Bonchev–Trinajstić information content (AvgIpc) is 3.11. The Labute approximate surface area is 111 Å². The zero-order valence-electron chi connectivity index (χ0n) is 10.5. The molecule has 2 N–H and O–H groups in total. The average molecular weight is 267 g/mol. The van der Waals surface area contributed by atoms with Crippen LogP contribution in [0.2, 0.25) is 0 Å². The monoisotopic (exact) mass is 267 g/mol. The summed E-state index contributed by atoms with van der Waals surface area (Å²) >= 11 is 0. The lowest BCUT2D eigenvalue weighted by Gasteiger charge is -2.29. The van der Waals surface area contributed by atoms with Crippen LogP contribution in [-0.2, 0) is 4.79 Å². The number of carboxylic acids is 1. The zero-order valence-corrected chi connectivity index (χ0v) is 10.5. The summed E-state index contributed by atoms with van der Waals surface area (Å²) in [6, 6.07) is 0.769. The molecule has 0 radical (unpaired) electrons. The number of aliphatic hydroxyl groups excluding tert-OH is 1. The molecule has 1 saturated heterocycles. The summed E-state index contributed by atoms with van der Waals surface area (Å²) in [7, 11) is 0. The van der Waals surface area contributed by atoms with Gasteiger partial charge in [0.05, 0.1) is 18.6 Å². The Morgan fingerprint density at radius 3 is 2.63 bits per heavy atom. The smallest absolute Gasteiger partial charge is 0.326 e. The van der Waals surface area contributed by atoms with E-state index in [1.165, 1.54) is 4.90 Å². The Kier molecular flexibility index (Phi) is 3.90. The first-order valence-electron chi connectivity index (χ1n) is 6.39. The van der Waals surface area contributed by atoms with E-state index in [1.807, 2.05) is 6.07 Å². The lowest BCUT2D eigenvalue weighted by molar-refractivity contribution is -0.141. The van der Waals surface area contributed by atoms with E-state index < -0.39 is 18.1 Å². The summed E-state index contributed by atoms with van der Waals surface area (Å²) in [5, 5.41) is 27.2. The van der Waals surface area contributed by atoms with Gasteiger partial charge in [0.1, 0.15) is 6.04 Å². The normalized spacial score (nSPS) is 26.0. The van der Waals surface area contributed by atoms with Gasteiger partial charge in [-0.05, 0) is 12.8 Å². The maximum absolute atomic E-state index is 12.4. The highest BCUT2D eigenvalue weighted by atomic mass is 16.4. The number of likely N-dealkylation sites (tertiary alicyclic amines) is 1. The van der Waals surface area contributed by atoms with Gasteiger partial charge >= 0.3 is 12.0 Å². The van der Waals surface area contributed by atoms with Crippen molar-refractivity contribution in [1.82, 2.24) is 9.80 Å². The van der Waals surface area contributed by atoms with Crippen molar-refractivity contribution in [3.8, 4) is 6.07 Å². The number of carbonyl (C=O) groups excluding carboxylic acids is 1. The Morgan fingerprint density at radius 2 is 2.11 bits per heavy atom. The topological polar surface area (TPSA) is 105 Å². The number of nitriles is 1. The van der Waals surface area contributed by atoms with Gasteiger partial charge in [0.25, 0.3) is 0 Å². The second-order valence-electron chi connectivity index (χ2n) is 5.01. The first-order chi connectivity index (χ1) is 9.04. The molecule has 0 spiro atoms. The number of aliphatic hydroxyl groups is 1. The maximum atomic E-state index is 12.4. The van der Waals surface area contributed by atoms with Gasteiger partial charge in [-0.3, -0.25) is 0 Å². The van der Waals surface area contributed by atoms with Crippen molar-refractivity contribution in [2.24, 2.45) is 0 Å². The van der Waals surface area contributed by atoms with Crippen LogP contribution in [0.3, 0.4) is 0 Å². The van der Waals surface area contributed by atoms with E-state index >= 15 is 0 Å². The van der Waals surface area contributed by atoms with E-state index in [0.29, 0.717) is 6.54 Å². The SMILES string of the molecule is N#CCCN(C(=O)N1C[C@H](O)C[C@H]1C(=O)O)C1CC1. The van der Waals surface area contributed by atoms with E-state index in [0.717, 1.165) is 12.8 Å². The molecule has 2 amide bonds. The van der Waals surface area contributed by atoms with Gasteiger partial charge in [-0.25, -0.2) is 9.59 Å². The molecule has 7 nitrogen and oxygen atoms in total. The first kappa shape index (κ1) is 13.6. The van der Waals surface area contributed by atoms with Gasteiger partial charge in [0, 0.05) is 25.6 Å². The number of amides is 2. The van der Waals surface area contributed by atoms with Crippen molar-refractivity contribution >= 4 is 12.0 Å². The number of aliphatic carboxylic acids is 1. The number of β-amino-alcohol motifs (C(OH)–C–C–N with tert-alkyl or cyclic N) is 1. The molecule has 104 valence electrons. The predicted octanol–water partition coefficient (Wildman–Crippen LogP) is 0.00428. The van der Waals surface area contributed by atoms with Crippen LogP contribution in [0.1, 0.15) is 25.7 Å².